The first kappa shape index (κ1) is 42.2. The third-order valence-corrected chi connectivity index (χ3v) is 7.25. The molecule has 0 saturated carbocycles. The fourth-order valence-electron chi connectivity index (χ4n) is 4.85. The zero-order valence-electron chi connectivity index (χ0n) is 27.0. The minimum absolute atomic E-state index is 0. The van der Waals surface area contributed by atoms with E-state index in [1.165, 1.54) is 47.4 Å². The van der Waals surface area contributed by atoms with Crippen molar-refractivity contribution in [3.05, 3.63) is 76.9 Å². The number of nitriles is 1. The fourth-order valence-corrected chi connectivity index (χ4v) is 4.85. The molecule has 1 aliphatic heterocycles. The number of amides is 3. The molecule has 1 fully saturated rings. The van der Waals surface area contributed by atoms with E-state index in [4.69, 9.17) is 23.7 Å². The van der Waals surface area contributed by atoms with Crippen molar-refractivity contribution in [1.82, 2.24) is 15.5 Å². The first-order chi connectivity index (χ1) is 23.4. The van der Waals surface area contributed by atoms with Gasteiger partial charge in [-0.1, -0.05) is 24.3 Å². The van der Waals surface area contributed by atoms with Crippen LogP contribution in [0.1, 0.15) is 17.0 Å². The Balaban J connectivity index is 0.00000833. The molecule has 1 heterocycles. The van der Waals surface area contributed by atoms with E-state index in [2.05, 4.69) is 10.6 Å². The van der Waals surface area contributed by atoms with Crippen LogP contribution in [0.25, 0.3) is 6.08 Å². The molecule has 0 aromatic heterocycles. The Hall–Kier alpha value is -2.97. The van der Waals surface area contributed by atoms with Gasteiger partial charge >= 0.3 is 0 Å². The summed E-state index contributed by atoms with van der Waals surface area (Å²) in [5.74, 6) is -2.75. The number of carbonyl (C=O) groups excluding carboxylic acids is 3. The van der Waals surface area contributed by atoms with Gasteiger partial charge in [-0.2, -0.15) is 11.7 Å². The van der Waals surface area contributed by atoms with E-state index in [9.17, 15) is 28.4 Å². The summed E-state index contributed by atoms with van der Waals surface area (Å²) >= 11 is 0. The third-order valence-electron chi connectivity index (χ3n) is 7.25. The molecule has 3 rings (SSSR count). The standard InChI is InChI=1S/C34H41F2N4O8.Tb/c35-29-5-1-26(2-6-29)21-28(22-37)34(43)40-23-31(27-3-7-30(36)8-4-27)32(24-40)33(42)39-10-12-45-14-16-47-18-20-48-19-17-46-15-13-44-11-9-38-25-41;/h1-8,21,31-32H,9-20,23-24H2,(H,38,41)(H,39,42);/q-1;/b28-21+;/t31-,32+;/m0./s1. The Bertz CT molecular complexity index is 1350. The van der Waals surface area contributed by atoms with Crippen molar-refractivity contribution in [2.45, 2.75) is 5.92 Å². The number of likely N-dealkylation sites (tertiary alicyclic amines) is 1. The summed E-state index contributed by atoms with van der Waals surface area (Å²) in [6.07, 6.45) is 2.94. The van der Waals surface area contributed by atoms with Gasteiger partial charge in [0.25, 0.3) is 5.91 Å². The maximum absolute atomic E-state index is 13.6. The Morgan fingerprint density at radius 3 is 1.80 bits per heavy atom. The maximum Gasteiger partial charge on any atom is 0.264 e. The number of rotatable bonds is 23. The molecule has 2 aromatic carbocycles. The third kappa shape index (κ3) is 16.1. The van der Waals surface area contributed by atoms with Gasteiger partial charge in [-0.05, 0) is 41.5 Å². The first-order valence-electron chi connectivity index (χ1n) is 15.6. The molecular weight excluding hydrogens is 789 g/mol. The van der Waals surface area contributed by atoms with E-state index in [0.29, 0.717) is 77.1 Å². The van der Waals surface area contributed by atoms with E-state index in [1.807, 2.05) is 6.07 Å². The second-order valence-corrected chi connectivity index (χ2v) is 10.6. The van der Waals surface area contributed by atoms with Crippen LogP contribution in [0, 0.1) is 67.5 Å². The molecule has 1 radical (unpaired) electrons. The van der Waals surface area contributed by atoms with Gasteiger partial charge in [0.15, 0.2) is 0 Å². The number of hydrogen-bond acceptors (Lipinski definition) is 9. The van der Waals surface area contributed by atoms with Gasteiger partial charge < -0.3 is 44.0 Å². The molecule has 0 spiro atoms. The van der Waals surface area contributed by atoms with E-state index in [-0.39, 0.29) is 76.3 Å². The van der Waals surface area contributed by atoms with Crippen molar-refractivity contribution in [3.8, 4) is 6.07 Å². The van der Waals surface area contributed by atoms with Crippen LogP contribution < -0.4 is 10.6 Å². The number of nitrogens with one attached hydrogen (secondary N) is 2. The maximum atomic E-state index is 13.6. The smallest absolute Gasteiger partial charge is 0.264 e. The molecule has 0 aliphatic carbocycles. The van der Waals surface area contributed by atoms with Crippen molar-refractivity contribution >= 4 is 24.3 Å². The summed E-state index contributed by atoms with van der Waals surface area (Å²) in [4.78, 5) is 38.0. The van der Waals surface area contributed by atoms with Crippen LogP contribution in [0.3, 0.4) is 0 Å². The molecule has 1 saturated heterocycles. The molecule has 269 valence electrons. The van der Waals surface area contributed by atoms with Crippen LogP contribution in [0.15, 0.2) is 54.1 Å². The Morgan fingerprint density at radius 2 is 1.29 bits per heavy atom. The van der Waals surface area contributed by atoms with Gasteiger partial charge in [-0.25, -0.2) is 8.78 Å². The molecule has 0 unspecified atom stereocenters. The summed E-state index contributed by atoms with van der Waals surface area (Å²) in [6.45, 7) is 4.66. The summed E-state index contributed by atoms with van der Waals surface area (Å²) < 4.78 is 54.0. The minimum atomic E-state index is -0.636. The average Bonchev–Trinajstić information content (AvgIpc) is 3.55. The molecule has 0 bridgehead atoms. The molecule has 2 N–H and O–H groups in total. The summed E-state index contributed by atoms with van der Waals surface area (Å²) in [5.41, 5.74) is 1.04. The van der Waals surface area contributed by atoms with Crippen molar-refractivity contribution < 1.29 is 85.5 Å². The monoisotopic (exact) mass is 830 g/mol. The van der Waals surface area contributed by atoms with Crippen LogP contribution in [0.2, 0.25) is 0 Å². The molecule has 3 amide bonds. The van der Waals surface area contributed by atoms with Crippen molar-refractivity contribution in [3.63, 3.8) is 0 Å². The Labute approximate surface area is 315 Å². The number of carbonyl (C=O) groups is 2. The molecule has 15 heteroatoms. The van der Waals surface area contributed by atoms with Gasteiger partial charge in [0, 0.05) is 70.7 Å². The van der Waals surface area contributed by atoms with Gasteiger partial charge in [0.05, 0.1) is 72.0 Å². The van der Waals surface area contributed by atoms with Crippen LogP contribution in [-0.2, 0) is 38.1 Å². The molecule has 2 aromatic rings. The quantitative estimate of drug-likeness (QED) is 0.0565. The van der Waals surface area contributed by atoms with E-state index < -0.39 is 29.4 Å². The normalized spacial score (nSPS) is 15.7. The predicted octanol–water partition coefficient (Wildman–Crippen LogP) is 1.97. The van der Waals surface area contributed by atoms with Gasteiger partial charge in [0.2, 0.25) is 5.91 Å². The van der Waals surface area contributed by atoms with Crippen LogP contribution >= 0.6 is 0 Å². The predicted molar refractivity (Wildman–Crippen MR) is 170 cm³/mol. The SMILES string of the molecule is N#C/C(=C\c1ccc(F)cc1)C(=O)N1C[C@@H](C(=O)NCCOCCOCCOCCOCCOCCN[C-]=O)[C@H](c2ccc(F)cc2)C1.[Tb]. The van der Waals surface area contributed by atoms with Gasteiger partial charge in [-0.3, -0.25) is 9.59 Å². The summed E-state index contributed by atoms with van der Waals surface area (Å²) in [6, 6.07) is 13.1. The van der Waals surface area contributed by atoms with Gasteiger partial charge in [-0.15, -0.1) is 0 Å². The van der Waals surface area contributed by atoms with E-state index in [0.717, 1.165) is 0 Å². The van der Waals surface area contributed by atoms with Crippen molar-refractivity contribution in [2.24, 2.45) is 5.92 Å². The van der Waals surface area contributed by atoms with Crippen molar-refractivity contribution in [1.29, 1.82) is 5.26 Å². The number of halogens is 2. The first-order valence-corrected chi connectivity index (χ1v) is 15.6. The number of hydrogen-bond donors (Lipinski definition) is 2. The molecule has 1 aliphatic rings. The van der Waals surface area contributed by atoms with E-state index >= 15 is 0 Å². The minimum Gasteiger partial charge on any atom is -0.528 e. The van der Waals surface area contributed by atoms with Crippen LogP contribution in [-0.4, -0.2) is 115 Å². The van der Waals surface area contributed by atoms with E-state index in [1.54, 1.807) is 18.5 Å². The molecule has 2 atom stereocenters. The second kappa shape index (κ2) is 25.0. The van der Waals surface area contributed by atoms with Crippen LogP contribution in [0.4, 0.5) is 8.78 Å². The molecular formula is C34H41F2N4O8Tb-. The average molecular weight is 831 g/mol. The summed E-state index contributed by atoms with van der Waals surface area (Å²) in [7, 11) is 0. The summed E-state index contributed by atoms with van der Waals surface area (Å²) in [5, 5.41) is 14.9. The number of nitrogens with zero attached hydrogens (tertiary/aromatic N) is 2. The van der Waals surface area contributed by atoms with Gasteiger partial charge in [0.1, 0.15) is 23.3 Å². The van der Waals surface area contributed by atoms with Crippen LogP contribution in [0.5, 0.6) is 0 Å². The zero-order valence-corrected chi connectivity index (χ0v) is 29.1. The second-order valence-electron chi connectivity index (χ2n) is 10.6. The Kier molecular flexibility index (Phi) is 21.6. The zero-order chi connectivity index (χ0) is 34.4. The molecule has 12 nitrogen and oxygen atoms in total. The largest absolute Gasteiger partial charge is 0.528 e. The Morgan fingerprint density at radius 1 is 0.796 bits per heavy atom. The topological polar surface area (TPSA) is 148 Å². The number of benzene rings is 2. The molecule has 49 heavy (non-hydrogen) atoms. The number of ether oxygens (including phenoxy) is 5. The fraction of sp³-hybridized carbons (Fsp3) is 0.471. The van der Waals surface area contributed by atoms with Crippen molar-refractivity contribution in [2.75, 3.05) is 92.2 Å².